The van der Waals surface area contributed by atoms with Gasteiger partial charge in [-0.25, -0.2) is 28.0 Å². The molecule has 1 aromatic carbocycles. The Morgan fingerprint density at radius 1 is 0.930 bits per heavy atom. The van der Waals surface area contributed by atoms with Crippen molar-refractivity contribution in [3.05, 3.63) is 69.7 Å². The Morgan fingerprint density at radius 2 is 1.56 bits per heavy atom. The van der Waals surface area contributed by atoms with Crippen molar-refractivity contribution in [1.82, 2.24) is 24.2 Å². The van der Waals surface area contributed by atoms with Crippen LogP contribution in [-0.2, 0) is 37.2 Å². The van der Waals surface area contributed by atoms with Gasteiger partial charge in [-0.15, -0.1) is 11.3 Å². The highest BCUT2D eigenvalue weighted by Gasteiger charge is 2.39. The number of halogens is 7. The molecular formula is C33H33ClF6N8O7S2. The summed E-state index contributed by atoms with van der Waals surface area (Å²) in [5.74, 6) is -4.66. The van der Waals surface area contributed by atoms with Gasteiger partial charge >= 0.3 is 24.3 Å². The summed E-state index contributed by atoms with van der Waals surface area (Å²) in [4.78, 5) is 48.4. The number of aliphatic carboxylic acids is 2. The van der Waals surface area contributed by atoms with Gasteiger partial charge in [-0.05, 0) is 80.8 Å². The molecule has 1 fully saturated rings. The molecule has 3 aromatic heterocycles. The van der Waals surface area contributed by atoms with Gasteiger partial charge in [0.05, 0.1) is 28.8 Å². The summed E-state index contributed by atoms with van der Waals surface area (Å²) in [7, 11) is -3.58. The number of fused-ring (bicyclic) bond motifs is 6. The number of benzene rings is 1. The number of piperidine rings is 1. The quantitative estimate of drug-likeness (QED) is 0.130. The van der Waals surface area contributed by atoms with E-state index in [2.05, 4.69) is 35.9 Å². The fourth-order valence-electron chi connectivity index (χ4n) is 5.44. The Balaban J connectivity index is 0.000000440. The van der Waals surface area contributed by atoms with Crippen LogP contribution < -0.4 is 16.0 Å². The van der Waals surface area contributed by atoms with Crippen LogP contribution in [0.15, 0.2) is 47.1 Å². The summed E-state index contributed by atoms with van der Waals surface area (Å²) in [6, 6.07) is 7.75. The number of hydrogen-bond donors (Lipinski definition) is 5. The predicted molar refractivity (Wildman–Crippen MR) is 195 cm³/mol. The molecular weight excluding hydrogens is 834 g/mol. The zero-order chi connectivity index (χ0) is 42.3. The molecule has 0 spiro atoms. The predicted octanol–water partition coefficient (Wildman–Crippen LogP) is 6.88. The molecule has 57 heavy (non-hydrogen) atoms. The average molecular weight is 867 g/mol. The van der Waals surface area contributed by atoms with E-state index in [-0.39, 0.29) is 11.8 Å². The van der Waals surface area contributed by atoms with Crippen molar-refractivity contribution < 1.29 is 59.4 Å². The zero-order valence-corrected chi connectivity index (χ0v) is 32.1. The lowest BCUT2D eigenvalue weighted by Crippen LogP contribution is -2.39. The van der Waals surface area contributed by atoms with E-state index < -0.39 is 34.3 Å². The molecule has 1 saturated heterocycles. The maximum Gasteiger partial charge on any atom is 0.490 e. The van der Waals surface area contributed by atoms with Crippen LogP contribution in [0.4, 0.5) is 55.2 Å². The monoisotopic (exact) mass is 866 g/mol. The second-order valence-corrected chi connectivity index (χ2v) is 16.1. The highest BCUT2D eigenvalue weighted by molar-refractivity contribution is 7.91. The number of carbonyl (C=O) groups is 3. The molecule has 2 aliphatic heterocycles. The lowest BCUT2D eigenvalue weighted by Gasteiger charge is -2.30. The Hall–Kier alpha value is -5.13. The Morgan fingerprint density at radius 3 is 2.14 bits per heavy atom. The maximum atomic E-state index is 13.2. The third-order valence-corrected chi connectivity index (χ3v) is 11.9. The van der Waals surface area contributed by atoms with Gasteiger partial charge in [0.2, 0.25) is 11.9 Å². The molecule has 5 heterocycles. The first-order chi connectivity index (χ1) is 26.5. The number of alkyl halides is 6. The molecule has 1 amide bonds. The highest BCUT2D eigenvalue weighted by Crippen LogP contribution is 2.32. The maximum absolute atomic E-state index is 13.2. The number of carboxylic acid groups (broad SMARTS) is 2. The molecule has 0 radical (unpaired) electrons. The van der Waals surface area contributed by atoms with Gasteiger partial charge in [0.15, 0.2) is 10.0 Å². The van der Waals surface area contributed by atoms with Crippen LogP contribution in [0.1, 0.15) is 41.1 Å². The number of thiazole rings is 1. The number of hydrogen-bond acceptors (Lipinski definition) is 12. The molecule has 308 valence electrons. The minimum Gasteiger partial charge on any atom is -0.475 e. The molecule has 5 N–H and O–H groups in total. The normalized spacial score (nSPS) is 14.7. The average Bonchev–Trinajstić information content (AvgIpc) is 3.47. The van der Waals surface area contributed by atoms with Crippen molar-refractivity contribution in [1.29, 1.82) is 0 Å². The molecule has 0 unspecified atom stereocenters. The van der Waals surface area contributed by atoms with Crippen LogP contribution >= 0.6 is 22.9 Å². The van der Waals surface area contributed by atoms with E-state index in [0.29, 0.717) is 71.9 Å². The van der Waals surface area contributed by atoms with Crippen molar-refractivity contribution >= 4 is 79.6 Å². The summed E-state index contributed by atoms with van der Waals surface area (Å²) in [5.41, 5.74) is 4.81. The Kier molecular flexibility index (Phi) is 14.4. The number of aromatic nitrogens is 4. The van der Waals surface area contributed by atoms with Crippen LogP contribution in [0.3, 0.4) is 0 Å². The standard InChI is InChI=1S/C29H31ClN8O3S2.2C2HF3O2/c1-17-28(42-18(2)33-17)43(40,41)38-9-7-19(8-10-38)12-26(39)36-25-6-5-22-13-21(25)4-3-20-11-23(15-31-14-20)35-29-32-16-24(30)27(34-22)37-29;2*3-2(4,5)1(6)7/h5-6,11,13-16,19H,3-4,7-10,12H2,1-2H3,(H,36,39)(H2,32,34,35,37);2*(H,6,7). The first-order valence-electron chi connectivity index (χ1n) is 16.5. The molecule has 4 aromatic rings. The van der Waals surface area contributed by atoms with Crippen LogP contribution in [0.25, 0.3) is 0 Å². The molecule has 24 heteroatoms. The van der Waals surface area contributed by atoms with Crippen molar-refractivity contribution in [3.8, 4) is 0 Å². The van der Waals surface area contributed by atoms with Gasteiger partial charge in [-0.1, -0.05) is 11.6 Å². The number of anilines is 5. The number of carbonyl (C=O) groups excluding carboxylic acids is 1. The molecule has 0 saturated carbocycles. The van der Waals surface area contributed by atoms with Crippen molar-refractivity contribution in [2.75, 3.05) is 29.0 Å². The Labute approximate surface area is 329 Å². The van der Waals surface area contributed by atoms with Crippen molar-refractivity contribution in [2.24, 2.45) is 5.92 Å². The highest BCUT2D eigenvalue weighted by atomic mass is 35.5. The second-order valence-electron chi connectivity index (χ2n) is 12.4. The lowest BCUT2D eigenvalue weighted by atomic mass is 9.94. The topological polar surface area (TPSA) is 217 Å². The summed E-state index contributed by atoms with van der Waals surface area (Å²) in [6.45, 7) is 4.31. The molecule has 6 bridgehead atoms. The van der Waals surface area contributed by atoms with Crippen molar-refractivity contribution in [2.45, 2.75) is 62.5 Å². The largest absolute Gasteiger partial charge is 0.490 e. The number of nitrogens with zero attached hydrogens (tertiary/aromatic N) is 5. The van der Waals surface area contributed by atoms with E-state index in [9.17, 15) is 39.6 Å². The van der Waals surface area contributed by atoms with Gasteiger partial charge in [-0.3, -0.25) is 9.78 Å². The van der Waals surface area contributed by atoms with Gasteiger partial charge in [-0.2, -0.15) is 35.6 Å². The van der Waals surface area contributed by atoms with Crippen molar-refractivity contribution in [3.63, 3.8) is 0 Å². The number of sulfonamides is 1. The molecule has 6 rings (SSSR count). The van der Waals surface area contributed by atoms with E-state index in [0.717, 1.165) is 33.2 Å². The molecule has 2 aliphatic rings. The van der Waals surface area contributed by atoms with E-state index >= 15 is 0 Å². The first-order valence-corrected chi connectivity index (χ1v) is 19.1. The van der Waals surface area contributed by atoms with E-state index in [4.69, 9.17) is 31.4 Å². The summed E-state index contributed by atoms with van der Waals surface area (Å²) < 4.78 is 91.6. The zero-order valence-electron chi connectivity index (χ0n) is 29.7. The fraction of sp³-hybridized carbons (Fsp3) is 0.364. The number of nitrogens with one attached hydrogen (secondary N) is 3. The number of aryl methyl sites for hydroxylation is 4. The third-order valence-electron chi connectivity index (χ3n) is 8.09. The summed E-state index contributed by atoms with van der Waals surface area (Å²) in [6.07, 6.45) is -2.16. The lowest BCUT2D eigenvalue weighted by molar-refractivity contribution is -0.193. The first kappa shape index (κ1) is 44.6. The SMILES string of the molecule is Cc1nc(C)c(S(=O)(=O)N2CCC(CC(=O)Nc3ccc4cc3CCc3cncc(c3)Nc3ncc(Cl)c(n3)N4)CC2)s1.O=C(O)C(F)(F)F.O=C(O)C(F)(F)F. The summed E-state index contributed by atoms with van der Waals surface area (Å²) >= 11 is 7.58. The van der Waals surface area contributed by atoms with Crippen LogP contribution in [0, 0.1) is 19.8 Å². The smallest absolute Gasteiger partial charge is 0.475 e. The fourth-order valence-corrected chi connectivity index (χ4v) is 8.67. The van der Waals surface area contributed by atoms with Gasteiger partial charge in [0.1, 0.15) is 5.02 Å². The molecule has 15 nitrogen and oxygen atoms in total. The summed E-state index contributed by atoms with van der Waals surface area (Å²) in [5, 5.41) is 24.9. The number of amides is 1. The second kappa shape index (κ2) is 18.4. The number of carboxylic acids is 2. The van der Waals surface area contributed by atoms with Gasteiger partial charge in [0.25, 0.3) is 10.0 Å². The molecule has 0 aliphatic carbocycles. The Bertz CT molecular complexity index is 2190. The van der Waals surface area contributed by atoms with Crippen LogP contribution in [0.5, 0.6) is 0 Å². The van der Waals surface area contributed by atoms with E-state index in [1.54, 1.807) is 13.1 Å². The number of rotatable bonds is 5. The number of pyridine rings is 1. The third kappa shape index (κ3) is 12.7. The minimum atomic E-state index is -5.08. The molecule has 0 atom stereocenters. The van der Waals surface area contributed by atoms with E-state index in [1.165, 1.54) is 21.8 Å². The van der Waals surface area contributed by atoms with Gasteiger partial charge < -0.3 is 26.2 Å². The van der Waals surface area contributed by atoms with Crippen LogP contribution in [0.2, 0.25) is 5.02 Å². The van der Waals surface area contributed by atoms with E-state index in [1.807, 2.05) is 37.4 Å². The van der Waals surface area contributed by atoms with Gasteiger partial charge in [0, 0.05) is 37.1 Å². The van der Waals surface area contributed by atoms with Crippen LogP contribution in [-0.4, -0.2) is 86.2 Å². The minimum absolute atomic E-state index is 0.0912.